The Labute approximate surface area is 168 Å². The van der Waals surface area contributed by atoms with Crippen molar-refractivity contribution in [3.63, 3.8) is 0 Å². The fourth-order valence-corrected chi connectivity index (χ4v) is 4.39. The number of amides is 2. The molecule has 2 heterocycles. The SMILES string of the molecule is O=C(ON1C(=O)c2ccccc2C1=O)c1ccc(S(=O)(=O)Nc2nccs2)cc1. The molecular formula is C18H11N3O6S2. The third-order valence-corrected chi connectivity index (χ3v) is 6.16. The number of hydrogen-bond donors (Lipinski definition) is 1. The zero-order valence-corrected chi connectivity index (χ0v) is 16.1. The van der Waals surface area contributed by atoms with Gasteiger partial charge in [0.1, 0.15) is 0 Å². The van der Waals surface area contributed by atoms with Gasteiger partial charge in [0.15, 0.2) is 5.13 Å². The number of thiazole rings is 1. The van der Waals surface area contributed by atoms with E-state index in [0.717, 1.165) is 11.3 Å². The molecule has 2 amide bonds. The van der Waals surface area contributed by atoms with Crippen LogP contribution < -0.4 is 4.72 Å². The molecule has 3 aromatic rings. The molecule has 2 aromatic carbocycles. The number of anilines is 1. The molecule has 4 rings (SSSR count). The van der Waals surface area contributed by atoms with Gasteiger partial charge < -0.3 is 4.84 Å². The summed E-state index contributed by atoms with van der Waals surface area (Å²) in [5, 5.41) is 2.22. The van der Waals surface area contributed by atoms with Crippen LogP contribution in [-0.2, 0) is 14.9 Å². The molecule has 0 unspecified atom stereocenters. The molecule has 0 atom stereocenters. The number of hydroxylamine groups is 2. The van der Waals surface area contributed by atoms with Crippen molar-refractivity contribution >= 4 is 44.3 Å². The van der Waals surface area contributed by atoms with Crippen molar-refractivity contribution in [2.75, 3.05) is 4.72 Å². The van der Waals surface area contributed by atoms with Crippen LogP contribution in [-0.4, -0.2) is 36.2 Å². The minimum Gasteiger partial charge on any atom is -0.324 e. The van der Waals surface area contributed by atoms with Gasteiger partial charge in [-0.2, -0.15) is 0 Å². The zero-order valence-electron chi connectivity index (χ0n) is 14.4. The third kappa shape index (κ3) is 3.48. The van der Waals surface area contributed by atoms with Crippen LogP contribution in [0.25, 0.3) is 0 Å². The molecule has 11 heteroatoms. The highest BCUT2D eigenvalue weighted by Gasteiger charge is 2.38. The first-order chi connectivity index (χ1) is 13.9. The number of fused-ring (bicyclic) bond motifs is 1. The van der Waals surface area contributed by atoms with Crippen LogP contribution in [0.3, 0.4) is 0 Å². The minimum atomic E-state index is -3.87. The van der Waals surface area contributed by atoms with Gasteiger partial charge in [-0.25, -0.2) is 18.2 Å². The summed E-state index contributed by atoms with van der Waals surface area (Å²) in [7, 11) is -3.87. The number of rotatable bonds is 5. The molecule has 0 spiro atoms. The molecule has 0 radical (unpaired) electrons. The van der Waals surface area contributed by atoms with E-state index in [4.69, 9.17) is 4.84 Å². The summed E-state index contributed by atoms with van der Waals surface area (Å²) in [5.74, 6) is -2.46. The maximum atomic E-state index is 12.3. The first-order valence-corrected chi connectivity index (χ1v) is 10.5. The van der Waals surface area contributed by atoms with Crippen molar-refractivity contribution in [3.8, 4) is 0 Å². The summed E-state index contributed by atoms with van der Waals surface area (Å²) in [6.45, 7) is 0. The molecule has 0 aliphatic carbocycles. The van der Waals surface area contributed by atoms with Crippen LogP contribution >= 0.6 is 11.3 Å². The van der Waals surface area contributed by atoms with E-state index in [9.17, 15) is 22.8 Å². The Morgan fingerprint density at radius 1 is 1.00 bits per heavy atom. The molecule has 0 saturated heterocycles. The third-order valence-electron chi connectivity index (χ3n) is 3.99. The van der Waals surface area contributed by atoms with Gasteiger partial charge in [0.2, 0.25) is 0 Å². The second-order valence-corrected chi connectivity index (χ2v) is 8.37. The number of sulfonamides is 1. The molecule has 29 heavy (non-hydrogen) atoms. The highest BCUT2D eigenvalue weighted by Crippen LogP contribution is 2.24. The Morgan fingerprint density at radius 3 is 2.17 bits per heavy atom. The van der Waals surface area contributed by atoms with Crippen LogP contribution in [0.1, 0.15) is 31.1 Å². The molecule has 146 valence electrons. The summed E-state index contributed by atoms with van der Waals surface area (Å²) < 4.78 is 26.9. The highest BCUT2D eigenvalue weighted by molar-refractivity contribution is 7.93. The first kappa shape index (κ1) is 18.8. The van der Waals surface area contributed by atoms with E-state index in [1.165, 1.54) is 42.6 Å². The lowest BCUT2D eigenvalue weighted by molar-refractivity contribution is -0.0584. The standard InChI is InChI=1S/C18H11N3O6S2/c22-15-13-3-1-2-4-14(13)16(23)21(15)27-17(24)11-5-7-12(8-6-11)29(25,26)20-18-19-9-10-28-18/h1-10H,(H,19,20). The molecule has 0 bridgehead atoms. The molecule has 0 fully saturated rings. The summed E-state index contributed by atoms with van der Waals surface area (Å²) in [6.07, 6.45) is 1.46. The fraction of sp³-hybridized carbons (Fsp3) is 0. The summed E-state index contributed by atoms with van der Waals surface area (Å²) in [5.41, 5.74) is 0.245. The average Bonchev–Trinajstić information content (AvgIpc) is 3.30. The van der Waals surface area contributed by atoms with Crippen molar-refractivity contribution < 1.29 is 27.6 Å². The van der Waals surface area contributed by atoms with E-state index in [0.29, 0.717) is 5.06 Å². The van der Waals surface area contributed by atoms with Crippen LogP contribution in [0.4, 0.5) is 5.13 Å². The van der Waals surface area contributed by atoms with E-state index in [2.05, 4.69) is 9.71 Å². The molecule has 1 aliphatic rings. The number of aromatic nitrogens is 1. The monoisotopic (exact) mass is 429 g/mol. The maximum absolute atomic E-state index is 12.3. The second kappa shape index (κ2) is 7.11. The number of hydrogen-bond acceptors (Lipinski definition) is 8. The van der Waals surface area contributed by atoms with Gasteiger partial charge in [-0.3, -0.25) is 14.3 Å². The number of carbonyl (C=O) groups is 3. The highest BCUT2D eigenvalue weighted by atomic mass is 32.2. The predicted molar refractivity (Wildman–Crippen MR) is 102 cm³/mol. The van der Waals surface area contributed by atoms with Crippen molar-refractivity contribution in [2.24, 2.45) is 0 Å². The van der Waals surface area contributed by atoms with Gasteiger partial charge in [0, 0.05) is 11.6 Å². The summed E-state index contributed by atoms with van der Waals surface area (Å²) in [6, 6.07) is 10.9. The van der Waals surface area contributed by atoms with Gasteiger partial charge in [-0.05, 0) is 36.4 Å². The zero-order chi connectivity index (χ0) is 20.6. The summed E-state index contributed by atoms with van der Waals surface area (Å²) in [4.78, 5) is 45.5. The van der Waals surface area contributed by atoms with E-state index in [1.54, 1.807) is 17.5 Å². The average molecular weight is 429 g/mol. The van der Waals surface area contributed by atoms with Crippen molar-refractivity contribution in [1.29, 1.82) is 0 Å². The Morgan fingerprint density at radius 2 is 1.62 bits per heavy atom. The number of benzene rings is 2. The number of nitrogens with one attached hydrogen (secondary N) is 1. The topological polar surface area (TPSA) is 123 Å². The second-order valence-electron chi connectivity index (χ2n) is 5.80. The number of carbonyl (C=O) groups excluding carboxylic acids is 3. The van der Waals surface area contributed by atoms with Crippen LogP contribution in [0.5, 0.6) is 0 Å². The Balaban J connectivity index is 1.49. The van der Waals surface area contributed by atoms with Gasteiger partial charge in [0.05, 0.1) is 21.6 Å². The van der Waals surface area contributed by atoms with Gasteiger partial charge in [-0.1, -0.05) is 17.2 Å². The van der Waals surface area contributed by atoms with E-state index in [-0.39, 0.29) is 26.7 Å². The molecule has 1 N–H and O–H groups in total. The minimum absolute atomic E-state index is 0.0326. The largest absolute Gasteiger partial charge is 0.363 e. The van der Waals surface area contributed by atoms with Crippen LogP contribution in [0, 0.1) is 0 Å². The Kier molecular flexibility index (Phi) is 4.60. The lowest BCUT2D eigenvalue weighted by Gasteiger charge is -2.13. The fourth-order valence-electron chi connectivity index (χ4n) is 2.60. The molecular weight excluding hydrogens is 418 g/mol. The quantitative estimate of drug-likeness (QED) is 0.618. The molecule has 1 aliphatic heterocycles. The first-order valence-electron chi connectivity index (χ1n) is 8.09. The van der Waals surface area contributed by atoms with Crippen molar-refractivity contribution in [2.45, 2.75) is 4.90 Å². The summed E-state index contributed by atoms with van der Waals surface area (Å²) >= 11 is 1.12. The van der Waals surface area contributed by atoms with Gasteiger partial charge >= 0.3 is 5.97 Å². The van der Waals surface area contributed by atoms with E-state index < -0.39 is 27.8 Å². The van der Waals surface area contributed by atoms with E-state index >= 15 is 0 Å². The Bertz CT molecular complexity index is 1190. The molecule has 9 nitrogen and oxygen atoms in total. The van der Waals surface area contributed by atoms with Gasteiger partial charge in [-0.15, -0.1) is 11.3 Å². The van der Waals surface area contributed by atoms with Crippen molar-refractivity contribution in [1.82, 2.24) is 10.0 Å². The molecule has 1 aromatic heterocycles. The molecule has 0 saturated carbocycles. The van der Waals surface area contributed by atoms with E-state index in [1.807, 2.05) is 0 Å². The normalized spacial score (nSPS) is 13.3. The number of imide groups is 1. The lowest BCUT2D eigenvalue weighted by atomic mass is 10.1. The van der Waals surface area contributed by atoms with Gasteiger partial charge in [0.25, 0.3) is 21.8 Å². The number of nitrogens with zero attached hydrogens (tertiary/aromatic N) is 2. The van der Waals surface area contributed by atoms with Crippen molar-refractivity contribution in [3.05, 3.63) is 76.8 Å². The van der Waals surface area contributed by atoms with Crippen LogP contribution in [0.15, 0.2) is 65.0 Å². The predicted octanol–water partition coefficient (Wildman–Crippen LogP) is 2.31. The smallest absolute Gasteiger partial charge is 0.324 e. The Hall–Kier alpha value is -3.57. The lowest BCUT2D eigenvalue weighted by Crippen LogP contribution is -2.32. The maximum Gasteiger partial charge on any atom is 0.363 e. The van der Waals surface area contributed by atoms with Crippen LogP contribution in [0.2, 0.25) is 0 Å².